The van der Waals surface area contributed by atoms with Gasteiger partial charge in [0.2, 0.25) is 5.95 Å². The van der Waals surface area contributed by atoms with Crippen LogP contribution < -0.4 is 11.1 Å². The van der Waals surface area contributed by atoms with Gasteiger partial charge < -0.3 is 16.0 Å². The fraction of sp³-hybridized carbons (Fsp3) is 0.556. The van der Waals surface area contributed by atoms with Gasteiger partial charge in [-0.2, -0.15) is 4.98 Å². The van der Waals surface area contributed by atoms with Crippen molar-refractivity contribution in [3.05, 3.63) is 10.7 Å². The number of likely N-dealkylation sites (N-methyl/N-ethyl adjacent to an activating group) is 1. The second-order valence-electron chi connectivity index (χ2n) is 3.73. The number of nitrogens with zero attached hydrogens (tertiary/aromatic N) is 3. The normalized spacial score (nSPS) is 12.9. The molecule has 0 saturated carbocycles. The molecule has 84 valence electrons. The molecule has 0 aliphatic rings. The van der Waals surface area contributed by atoms with Crippen molar-refractivity contribution in [1.29, 1.82) is 0 Å². The third kappa shape index (κ3) is 4.01. The van der Waals surface area contributed by atoms with Crippen molar-refractivity contribution in [3.63, 3.8) is 0 Å². The zero-order valence-electron chi connectivity index (χ0n) is 9.16. The number of nitrogens with one attached hydrogen (secondary N) is 1. The Morgan fingerprint density at radius 3 is 2.87 bits per heavy atom. The minimum Gasteiger partial charge on any atom is -0.368 e. The molecule has 3 N–H and O–H groups in total. The van der Waals surface area contributed by atoms with E-state index in [-0.39, 0.29) is 5.95 Å². The van der Waals surface area contributed by atoms with E-state index >= 15 is 0 Å². The second kappa shape index (κ2) is 5.27. The van der Waals surface area contributed by atoms with Crippen molar-refractivity contribution in [2.24, 2.45) is 0 Å². The molecule has 0 bridgehead atoms. The molecule has 0 aromatic carbocycles. The molecule has 1 aromatic rings. The lowest BCUT2D eigenvalue weighted by molar-refractivity contribution is 0.392. The Hall–Kier alpha value is -0.880. The Morgan fingerprint density at radius 2 is 2.27 bits per heavy atom. The lowest BCUT2D eigenvalue weighted by Gasteiger charge is -2.19. The maximum absolute atomic E-state index is 5.51. The van der Waals surface area contributed by atoms with E-state index in [4.69, 9.17) is 5.73 Å². The zero-order chi connectivity index (χ0) is 11.4. The van der Waals surface area contributed by atoms with Crippen LogP contribution in [0.25, 0.3) is 0 Å². The number of halogens is 1. The molecule has 0 fully saturated rings. The van der Waals surface area contributed by atoms with E-state index < -0.39 is 0 Å². The fourth-order valence-corrected chi connectivity index (χ4v) is 1.61. The van der Waals surface area contributed by atoms with E-state index in [0.29, 0.717) is 6.04 Å². The van der Waals surface area contributed by atoms with Crippen LogP contribution in [0, 0.1) is 0 Å². The summed E-state index contributed by atoms with van der Waals surface area (Å²) < 4.78 is 0.822. The number of nitrogen functional groups attached to an aromatic ring is 1. The van der Waals surface area contributed by atoms with Crippen molar-refractivity contribution in [1.82, 2.24) is 14.9 Å². The van der Waals surface area contributed by atoms with Crippen molar-refractivity contribution >= 4 is 27.7 Å². The first-order chi connectivity index (χ1) is 6.99. The molecule has 1 rings (SSSR count). The number of anilines is 2. The number of hydrogen-bond donors (Lipinski definition) is 2. The molecular weight excluding hydrogens is 258 g/mol. The van der Waals surface area contributed by atoms with Gasteiger partial charge in [-0.3, -0.25) is 0 Å². The summed E-state index contributed by atoms with van der Waals surface area (Å²) in [6.07, 6.45) is 1.65. The fourth-order valence-electron chi connectivity index (χ4n) is 1.31. The van der Waals surface area contributed by atoms with Gasteiger partial charge in [0.15, 0.2) is 0 Å². The van der Waals surface area contributed by atoms with Crippen molar-refractivity contribution in [2.45, 2.75) is 13.0 Å². The molecule has 5 nitrogen and oxygen atoms in total. The Labute approximate surface area is 98.2 Å². The maximum Gasteiger partial charge on any atom is 0.221 e. The van der Waals surface area contributed by atoms with Crippen molar-refractivity contribution < 1.29 is 0 Å². The third-order valence-corrected chi connectivity index (χ3v) is 2.37. The summed E-state index contributed by atoms with van der Waals surface area (Å²) in [7, 11) is 4.06. The molecule has 0 aliphatic heterocycles. The zero-order valence-corrected chi connectivity index (χ0v) is 10.7. The molecule has 1 aromatic heterocycles. The van der Waals surface area contributed by atoms with Crippen LogP contribution in [0.2, 0.25) is 0 Å². The number of aromatic nitrogens is 2. The highest BCUT2D eigenvalue weighted by Crippen LogP contribution is 2.19. The van der Waals surface area contributed by atoms with Gasteiger partial charge in [-0.25, -0.2) is 4.98 Å². The Balaban J connectivity index is 2.67. The third-order valence-electron chi connectivity index (χ3n) is 1.78. The first-order valence-corrected chi connectivity index (χ1v) is 5.47. The summed E-state index contributed by atoms with van der Waals surface area (Å²) in [5.41, 5.74) is 5.51. The minimum absolute atomic E-state index is 0.276. The van der Waals surface area contributed by atoms with Gasteiger partial charge in [0.25, 0.3) is 0 Å². The van der Waals surface area contributed by atoms with E-state index in [1.807, 2.05) is 14.1 Å². The minimum atomic E-state index is 0.276. The molecule has 0 saturated heterocycles. The number of nitrogens with two attached hydrogens (primary N) is 1. The summed E-state index contributed by atoms with van der Waals surface area (Å²) in [4.78, 5) is 10.1. The van der Waals surface area contributed by atoms with Gasteiger partial charge >= 0.3 is 0 Å². The average molecular weight is 274 g/mol. The summed E-state index contributed by atoms with van der Waals surface area (Å²) in [5.74, 6) is 1.01. The standard InChI is InChI=1S/C9H16BrN5/c1-6(5-15(2)3)13-8-7(10)4-12-9(11)14-8/h4,6H,5H2,1-3H3,(H3,11,12,13,14). The lowest BCUT2D eigenvalue weighted by Crippen LogP contribution is -2.30. The molecule has 0 radical (unpaired) electrons. The summed E-state index contributed by atoms with van der Waals surface area (Å²) >= 11 is 3.37. The van der Waals surface area contributed by atoms with Crippen LogP contribution in [0.15, 0.2) is 10.7 Å². The summed E-state index contributed by atoms with van der Waals surface area (Å²) in [6, 6.07) is 0.297. The van der Waals surface area contributed by atoms with Crippen LogP contribution in [0.1, 0.15) is 6.92 Å². The quantitative estimate of drug-likeness (QED) is 0.863. The predicted octanol–water partition coefficient (Wildman–Crippen LogP) is 1.18. The molecule has 0 aliphatic carbocycles. The monoisotopic (exact) mass is 273 g/mol. The molecule has 6 heteroatoms. The van der Waals surface area contributed by atoms with Gasteiger partial charge in [0.1, 0.15) is 5.82 Å². The largest absolute Gasteiger partial charge is 0.368 e. The number of rotatable bonds is 4. The summed E-state index contributed by atoms with van der Waals surface area (Å²) in [5, 5.41) is 3.26. The van der Waals surface area contributed by atoms with E-state index in [1.165, 1.54) is 0 Å². The smallest absolute Gasteiger partial charge is 0.221 e. The van der Waals surface area contributed by atoms with Crippen LogP contribution in [-0.2, 0) is 0 Å². The average Bonchev–Trinajstić information content (AvgIpc) is 2.10. The first kappa shape index (κ1) is 12.2. The van der Waals surface area contributed by atoms with E-state index in [9.17, 15) is 0 Å². The van der Waals surface area contributed by atoms with Gasteiger partial charge in [0, 0.05) is 18.8 Å². The molecule has 1 heterocycles. The van der Waals surface area contributed by atoms with Crippen LogP contribution in [0.5, 0.6) is 0 Å². The Kier molecular flexibility index (Phi) is 4.28. The molecule has 0 amide bonds. The molecule has 15 heavy (non-hydrogen) atoms. The van der Waals surface area contributed by atoms with E-state index in [1.54, 1.807) is 6.20 Å². The SMILES string of the molecule is CC(CN(C)C)Nc1nc(N)ncc1Br. The van der Waals surface area contributed by atoms with Gasteiger partial charge in [-0.1, -0.05) is 0 Å². The topological polar surface area (TPSA) is 67.1 Å². The van der Waals surface area contributed by atoms with Gasteiger partial charge in [-0.15, -0.1) is 0 Å². The molecular formula is C9H16BrN5. The predicted molar refractivity (Wildman–Crippen MR) is 65.8 cm³/mol. The van der Waals surface area contributed by atoms with E-state index in [2.05, 4.69) is 43.0 Å². The van der Waals surface area contributed by atoms with Crippen molar-refractivity contribution in [2.75, 3.05) is 31.7 Å². The highest BCUT2D eigenvalue weighted by atomic mass is 79.9. The van der Waals surface area contributed by atoms with Crippen LogP contribution in [0.4, 0.5) is 11.8 Å². The Morgan fingerprint density at radius 1 is 1.60 bits per heavy atom. The molecule has 1 atom stereocenters. The lowest BCUT2D eigenvalue weighted by atomic mass is 10.3. The first-order valence-electron chi connectivity index (χ1n) is 4.68. The highest BCUT2D eigenvalue weighted by molar-refractivity contribution is 9.10. The van der Waals surface area contributed by atoms with Crippen molar-refractivity contribution in [3.8, 4) is 0 Å². The van der Waals surface area contributed by atoms with Gasteiger partial charge in [-0.05, 0) is 36.9 Å². The molecule has 0 spiro atoms. The Bertz CT molecular complexity index is 328. The second-order valence-corrected chi connectivity index (χ2v) is 4.59. The van der Waals surface area contributed by atoms with Crippen LogP contribution in [-0.4, -0.2) is 41.5 Å². The van der Waals surface area contributed by atoms with E-state index in [0.717, 1.165) is 16.8 Å². The molecule has 1 unspecified atom stereocenters. The van der Waals surface area contributed by atoms with Crippen LogP contribution >= 0.6 is 15.9 Å². The van der Waals surface area contributed by atoms with Crippen LogP contribution in [0.3, 0.4) is 0 Å². The maximum atomic E-state index is 5.51. The van der Waals surface area contributed by atoms with Gasteiger partial charge in [0.05, 0.1) is 4.47 Å². The number of hydrogen-bond acceptors (Lipinski definition) is 5. The highest BCUT2D eigenvalue weighted by Gasteiger charge is 2.08. The summed E-state index contributed by atoms with van der Waals surface area (Å²) in [6.45, 7) is 3.01.